The van der Waals surface area contributed by atoms with E-state index in [1.807, 2.05) is 0 Å². The van der Waals surface area contributed by atoms with E-state index in [2.05, 4.69) is 10.3 Å². The van der Waals surface area contributed by atoms with Gasteiger partial charge in [0, 0.05) is 33.6 Å². The Morgan fingerprint density at radius 1 is 1.24 bits per heavy atom. The minimum absolute atomic E-state index is 0.0212. The van der Waals surface area contributed by atoms with Crippen molar-refractivity contribution in [3.63, 3.8) is 0 Å². The van der Waals surface area contributed by atoms with E-state index in [4.69, 9.17) is 4.74 Å². The molecule has 8 nitrogen and oxygen atoms in total. The standard InChI is InChI=1S/C16H20N4O4S/c1-17-16-18-14-8-9-20(10-13(14)15(21)19(16)2)25(22,23)12-6-4-11(24-3)5-7-12/h4-7H,8-10H2,1-3H3,(H,17,18). The first-order valence-electron chi connectivity index (χ1n) is 7.79. The smallest absolute Gasteiger partial charge is 0.259 e. The van der Waals surface area contributed by atoms with Gasteiger partial charge < -0.3 is 10.1 Å². The van der Waals surface area contributed by atoms with Crippen LogP contribution >= 0.6 is 0 Å². The average Bonchev–Trinajstić information content (AvgIpc) is 2.64. The van der Waals surface area contributed by atoms with Gasteiger partial charge in [0.2, 0.25) is 16.0 Å². The fraction of sp³-hybridized carbons (Fsp3) is 0.375. The van der Waals surface area contributed by atoms with Gasteiger partial charge in [-0.2, -0.15) is 4.31 Å². The van der Waals surface area contributed by atoms with Crippen molar-refractivity contribution in [2.45, 2.75) is 17.9 Å². The van der Waals surface area contributed by atoms with Crippen molar-refractivity contribution < 1.29 is 13.2 Å². The lowest BCUT2D eigenvalue weighted by atomic mass is 10.1. The summed E-state index contributed by atoms with van der Waals surface area (Å²) in [5.41, 5.74) is 0.836. The van der Waals surface area contributed by atoms with Crippen LogP contribution in [0.2, 0.25) is 0 Å². The summed E-state index contributed by atoms with van der Waals surface area (Å²) < 4.78 is 33.5. The van der Waals surface area contributed by atoms with E-state index in [1.54, 1.807) is 26.2 Å². The predicted octanol–water partition coefficient (Wildman–Crippen LogP) is 0.578. The molecule has 1 aliphatic rings. The zero-order valence-corrected chi connectivity index (χ0v) is 15.1. The van der Waals surface area contributed by atoms with E-state index in [9.17, 15) is 13.2 Å². The van der Waals surface area contributed by atoms with Gasteiger partial charge in [-0.3, -0.25) is 9.36 Å². The maximum Gasteiger partial charge on any atom is 0.259 e. The first-order chi connectivity index (χ1) is 11.9. The third-order valence-corrected chi connectivity index (χ3v) is 6.18. The summed E-state index contributed by atoms with van der Waals surface area (Å²) in [5.74, 6) is 1.05. The van der Waals surface area contributed by atoms with E-state index in [0.717, 1.165) is 0 Å². The highest BCUT2D eigenvalue weighted by Crippen LogP contribution is 2.24. The third-order valence-electron chi connectivity index (χ3n) is 4.32. The van der Waals surface area contributed by atoms with Gasteiger partial charge in [0.25, 0.3) is 5.56 Å². The van der Waals surface area contributed by atoms with Crippen LogP contribution in [0, 0.1) is 0 Å². The minimum Gasteiger partial charge on any atom is -0.497 e. The molecule has 134 valence electrons. The van der Waals surface area contributed by atoms with Crippen LogP contribution in [0.15, 0.2) is 34.0 Å². The summed E-state index contributed by atoms with van der Waals surface area (Å²) in [7, 11) is 1.13. The summed E-state index contributed by atoms with van der Waals surface area (Å²) in [6.45, 7) is 0.304. The summed E-state index contributed by atoms with van der Waals surface area (Å²) in [5, 5.41) is 2.87. The number of ether oxygens (including phenoxy) is 1. The first kappa shape index (κ1) is 17.4. The molecule has 3 rings (SSSR count). The molecule has 0 unspecified atom stereocenters. The van der Waals surface area contributed by atoms with Crippen LogP contribution in [0.1, 0.15) is 11.3 Å². The number of anilines is 1. The number of nitrogens with one attached hydrogen (secondary N) is 1. The largest absolute Gasteiger partial charge is 0.497 e. The molecule has 0 saturated carbocycles. The second kappa shape index (κ2) is 6.49. The zero-order chi connectivity index (χ0) is 18.2. The maximum absolute atomic E-state index is 12.9. The molecule has 0 atom stereocenters. The molecule has 0 saturated heterocycles. The third kappa shape index (κ3) is 3.00. The quantitative estimate of drug-likeness (QED) is 0.853. The molecule has 1 aliphatic heterocycles. The molecule has 9 heteroatoms. The van der Waals surface area contributed by atoms with Crippen molar-refractivity contribution in [1.29, 1.82) is 0 Å². The second-order valence-electron chi connectivity index (χ2n) is 5.74. The molecular weight excluding hydrogens is 344 g/mol. The lowest BCUT2D eigenvalue weighted by Gasteiger charge is -2.27. The molecule has 0 bridgehead atoms. The molecule has 0 fully saturated rings. The fourth-order valence-corrected chi connectivity index (χ4v) is 4.28. The average molecular weight is 364 g/mol. The van der Waals surface area contributed by atoms with Crippen molar-refractivity contribution in [3.05, 3.63) is 45.9 Å². The Balaban J connectivity index is 1.96. The molecule has 25 heavy (non-hydrogen) atoms. The van der Waals surface area contributed by atoms with E-state index in [0.29, 0.717) is 29.4 Å². The van der Waals surface area contributed by atoms with E-state index in [-0.39, 0.29) is 23.5 Å². The Labute approximate surface area is 146 Å². The van der Waals surface area contributed by atoms with Crippen molar-refractivity contribution in [3.8, 4) is 5.75 Å². The highest BCUT2D eigenvalue weighted by Gasteiger charge is 2.31. The fourth-order valence-electron chi connectivity index (χ4n) is 2.87. The molecule has 0 aliphatic carbocycles. The summed E-state index contributed by atoms with van der Waals surface area (Å²) in [6.07, 6.45) is 0.398. The van der Waals surface area contributed by atoms with Gasteiger partial charge in [-0.1, -0.05) is 0 Å². The Kier molecular flexibility index (Phi) is 4.53. The van der Waals surface area contributed by atoms with Gasteiger partial charge in [0.1, 0.15) is 5.75 Å². The van der Waals surface area contributed by atoms with Crippen LogP contribution in [0.4, 0.5) is 5.95 Å². The molecule has 0 spiro atoms. The Morgan fingerprint density at radius 3 is 2.52 bits per heavy atom. The van der Waals surface area contributed by atoms with Crippen LogP contribution in [0.25, 0.3) is 0 Å². The SMILES string of the molecule is CNc1nc2c(c(=O)n1C)CN(S(=O)(=O)c1ccc(OC)cc1)CC2. The summed E-state index contributed by atoms with van der Waals surface area (Å²) in [4.78, 5) is 17.1. The van der Waals surface area contributed by atoms with Crippen LogP contribution in [0.5, 0.6) is 5.75 Å². The van der Waals surface area contributed by atoms with Gasteiger partial charge in [-0.05, 0) is 24.3 Å². The van der Waals surface area contributed by atoms with E-state index < -0.39 is 10.0 Å². The summed E-state index contributed by atoms with van der Waals surface area (Å²) in [6, 6.07) is 6.21. The first-order valence-corrected chi connectivity index (χ1v) is 9.23. The van der Waals surface area contributed by atoms with Gasteiger partial charge in [-0.25, -0.2) is 13.4 Å². The van der Waals surface area contributed by atoms with Crippen LogP contribution in [-0.4, -0.2) is 43.0 Å². The number of hydrogen-bond donors (Lipinski definition) is 1. The number of methoxy groups -OCH3 is 1. The number of rotatable bonds is 4. The molecular formula is C16H20N4O4S. The van der Waals surface area contributed by atoms with Crippen LogP contribution in [0.3, 0.4) is 0 Å². The molecule has 0 amide bonds. The minimum atomic E-state index is -3.69. The number of aromatic nitrogens is 2. The maximum atomic E-state index is 12.9. The van der Waals surface area contributed by atoms with Gasteiger partial charge in [0.15, 0.2) is 0 Å². The highest BCUT2D eigenvalue weighted by atomic mass is 32.2. The zero-order valence-electron chi connectivity index (χ0n) is 14.3. The summed E-state index contributed by atoms with van der Waals surface area (Å²) >= 11 is 0. The van der Waals surface area contributed by atoms with Gasteiger partial charge >= 0.3 is 0 Å². The van der Waals surface area contributed by atoms with Crippen molar-refractivity contribution in [2.75, 3.05) is 26.0 Å². The lowest BCUT2D eigenvalue weighted by Crippen LogP contribution is -2.41. The van der Waals surface area contributed by atoms with Crippen molar-refractivity contribution in [1.82, 2.24) is 13.9 Å². The number of fused-ring (bicyclic) bond motifs is 1. The van der Waals surface area contributed by atoms with E-state index in [1.165, 1.54) is 28.1 Å². The predicted molar refractivity (Wildman–Crippen MR) is 93.3 cm³/mol. The monoisotopic (exact) mass is 364 g/mol. The van der Waals surface area contributed by atoms with Crippen LogP contribution in [-0.2, 0) is 30.0 Å². The Bertz CT molecular complexity index is 951. The van der Waals surface area contributed by atoms with Crippen molar-refractivity contribution in [2.24, 2.45) is 7.05 Å². The Morgan fingerprint density at radius 2 is 1.92 bits per heavy atom. The Hall–Kier alpha value is -2.39. The van der Waals surface area contributed by atoms with E-state index >= 15 is 0 Å². The molecule has 2 aromatic rings. The number of nitrogens with zero attached hydrogens (tertiary/aromatic N) is 3. The normalized spacial score (nSPS) is 14.8. The highest BCUT2D eigenvalue weighted by molar-refractivity contribution is 7.89. The second-order valence-corrected chi connectivity index (χ2v) is 7.68. The molecule has 1 N–H and O–H groups in total. The van der Waals surface area contributed by atoms with Gasteiger partial charge in [-0.15, -0.1) is 0 Å². The molecule has 0 radical (unpaired) electrons. The number of sulfonamides is 1. The lowest BCUT2D eigenvalue weighted by molar-refractivity contribution is 0.383. The van der Waals surface area contributed by atoms with Crippen molar-refractivity contribution >= 4 is 16.0 Å². The number of benzene rings is 1. The molecule has 1 aromatic heterocycles. The molecule has 2 heterocycles. The molecule has 1 aromatic carbocycles. The van der Waals surface area contributed by atoms with Crippen LogP contribution < -0.4 is 15.6 Å². The number of hydrogen-bond acceptors (Lipinski definition) is 6. The van der Waals surface area contributed by atoms with Gasteiger partial charge in [0.05, 0.1) is 23.3 Å². The topological polar surface area (TPSA) is 93.5 Å².